The highest BCUT2D eigenvalue weighted by Crippen LogP contribution is 2.43. The number of nitrogens with zero attached hydrogens (tertiary/aromatic N) is 1. The zero-order valence-electron chi connectivity index (χ0n) is 31.7. The fraction of sp³-hybridized carbons (Fsp3) is 0. The molecular formula is C54H33NOS2Si. The first-order chi connectivity index (χ1) is 29.3. The first-order valence-corrected chi connectivity index (χ1v) is 23.7. The SMILES string of the molecule is c1ccc2c(c1)Sc1c(-c3ccc4c(c3)oc3ccccc34)cccc1[Si]2(c1ccc(-n2c3ccccc3c3ccccc32)cc1)c1cccc2c1sc1ccccc12. The van der Waals surface area contributed by atoms with Gasteiger partial charge < -0.3 is 8.98 Å². The smallest absolute Gasteiger partial charge is 0.183 e. The molecule has 276 valence electrons. The molecule has 59 heavy (non-hydrogen) atoms. The first-order valence-electron chi connectivity index (χ1n) is 20.1. The minimum Gasteiger partial charge on any atom is -0.456 e. The molecule has 1 atom stereocenters. The Morgan fingerprint density at radius 1 is 0.441 bits per heavy atom. The molecule has 1 aliphatic rings. The summed E-state index contributed by atoms with van der Waals surface area (Å²) >= 11 is 3.87. The van der Waals surface area contributed by atoms with Gasteiger partial charge in [-0.3, -0.25) is 0 Å². The van der Waals surface area contributed by atoms with Crippen molar-refractivity contribution in [2.75, 3.05) is 0 Å². The predicted molar refractivity (Wildman–Crippen MR) is 254 cm³/mol. The van der Waals surface area contributed by atoms with Crippen LogP contribution in [-0.4, -0.2) is 12.6 Å². The van der Waals surface area contributed by atoms with Gasteiger partial charge in [0.05, 0.1) is 11.0 Å². The number of para-hydroxylation sites is 3. The first kappa shape index (κ1) is 33.4. The summed E-state index contributed by atoms with van der Waals surface area (Å²) in [6, 6.07) is 74.7. The molecule has 1 unspecified atom stereocenters. The number of furan rings is 1. The van der Waals surface area contributed by atoms with Crippen molar-refractivity contribution < 1.29 is 4.42 Å². The monoisotopic (exact) mass is 803 g/mol. The van der Waals surface area contributed by atoms with Crippen LogP contribution in [0.5, 0.6) is 0 Å². The summed E-state index contributed by atoms with van der Waals surface area (Å²) in [4.78, 5) is 2.66. The molecule has 0 saturated heterocycles. The zero-order valence-corrected chi connectivity index (χ0v) is 34.4. The van der Waals surface area contributed by atoms with Crippen LogP contribution in [0.4, 0.5) is 0 Å². The van der Waals surface area contributed by atoms with Gasteiger partial charge in [0.15, 0.2) is 8.07 Å². The molecule has 1 aliphatic heterocycles. The highest BCUT2D eigenvalue weighted by molar-refractivity contribution is 8.00. The second kappa shape index (κ2) is 12.7. The van der Waals surface area contributed by atoms with Crippen molar-refractivity contribution in [1.29, 1.82) is 0 Å². The van der Waals surface area contributed by atoms with Crippen molar-refractivity contribution in [2.45, 2.75) is 9.79 Å². The van der Waals surface area contributed by atoms with Crippen LogP contribution in [0.3, 0.4) is 0 Å². The van der Waals surface area contributed by atoms with Crippen molar-refractivity contribution in [1.82, 2.24) is 4.57 Å². The van der Waals surface area contributed by atoms with Gasteiger partial charge in [-0.25, -0.2) is 0 Å². The van der Waals surface area contributed by atoms with E-state index in [0.29, 0.717) is 0 Å². The molecule has 3 aromatic heterocycles. The largest absolute Gasteiger partial charge is 0.456 e. The second-order valence-electron chi connectivity index (χ2n) is 15.5. The number of aromatic nitrogens is 1. The maximum absolute atomic E-state index is 6.47. The van der Waals surface area contributed by atoms with E-state index in [4.69, 9.17) is 4.42 Å². The number of rotatable bonds is 4. The molecule has 4 heterocycles. The summed E-state index contributed by atoms with van der Waals surface area (Å²) in [5.41, 5.74) is 7.86. The molecule has 0 spiro atoms. The summed E-state index contributed by atoms with van der Waals surface area (Å²) in [6.07, 6.45) is 0. The van der Waals surface area contributed by atoms with E-state index in [2.05, 4.69) is 199 Å². The average molecular weight is 804 g/mol. The van der Waals surface area contributed by atoms with E-state index in [1.165, 1.54) is 89.3 Å². The van der Waals surface area contributed by atoms with Crippen LogP contribution in [-0.2, 0) is 0 Å². The maximum atomic E-state index is 6.47. The number of benzene rings is 9. The Bertz CT molecular complexity index is 3620. The van der Waals surface area contributed by atoms with Gasteiger partial charge in [0.2, 0.25) is 0 Å². The lowest BCUT2D eigenvalue weighted by molar-refractivity contribution is 0.669. The normalized spacial score (nSPS) is 15.1. The predicted octanol–water partition coefficient (Wildman–Crippen LogP) is 12.6. The summed E-state index contributed by atoms with van der Waals surface area (Å²) in [7, 11) is -3.01. The van der Waals surface area contributed by atoms with E-state index in [1.54, 1.807) is 0 Å². The molecule has 9 aromatic carbocycles. The van der Waals surface area contributed by atoms with Crippen molar-refractivity contribution in [2.24, 2.45) is 0 Å². The van der Waals surface area contributed by atoms with Gasteiger partial charge in [0, 0.05) is 57.2 Å². The Balaban J connectivity index is 1.11. The Hall–Kier alpha value is -6.63. The van der Waals surface area contributed by atoms with Gasteiger partial charge in [0.25, 0.3) is 0 Å². The molecule has 13 rings (SSSR count). The fourth-order valence-electron chi connectivity index (χ4n) is 10.0. The van der Waals surface area contributed by atoms with Crippen molar-refractivity contribution in [3.63, 3.8) is 0 Å². The third-order valence-electron chi connectivity index (χ3n) is 12.6. The van der Waals surface area contributed by atoms with Crippen molar-refractivity contribution >= 4 is 116 Å². The van der Waals surface area contributed by atoms with E-state index in [-0.39, 0.29) is 0 Å². The Morgan fingerprint density at radius 3 is 1.90 bits per heavy atom. The highest BCUT2D eigenvalue weighted by atomic mass is 32.2. The molecule has 12 aromatic rings. The van der Waals surface area contributed by atoms with Gasteiger partial charge in [0.1, 0.15) is 11.2 Å². The molecule has 0 aliphatic carbocycles. The minimum absolute atomic E-state index is 0.918. The van der Waals surface area contributed by atoms with Crippen LogP contribution in [0.2, 0.25) is 0 Å². The molecule has 5 heteroatoms. The zero-order chi connectivity index (χ0) is 38.7. The average Bonchev–Trinajstić information content (AvgIpc) is 3.98. The topological polar surface area (TPSA) is 18.1 Å². The van der Waals surface area contributed by atoms with E-state index in [0.717, 1.165) is 21.9 Å². The number of hydrogen-bond acceptors (Lipinski definition) is 3. The van der Waals surface area contributed by atoms with Gasteiger partial charge in [-0.1, -0.05) is 157 Å². The quantitative estimate of drug-likeness (QED) is 0.165. The maximum Gasteiger partial charge on any atom is 0.183 e. The lowest BCUT2D eigenvalue weighted by Crippen LogP contribution is -2.76. The van der Waals surface area contributed by atoms with Crippen LogP contribution in [0.15, 0.2) is 214 Å². The second-order valence-corrected chi connectivity index (χ2v) is 21.3. The lowest BCUT2D eigenvalue weighted by Gasteiger charge is -2.40. The van der Waals surface area contributed by atoms with E-state index < -0.39 is 8.07 Å². The molecule has 0 radical (unpaired) electrons. The van der Waals surface area contributed by atoms with Gasteiger partial charge >= 0.3 is 0 Å². The molecule has 2 nitrogen and oxygen atoms in total. The van der Waals surface area contributed by atoms with Crippen LogP contribution >= 0.6 is 23.1 Å². The minimum atomic E-state index is -3.01. The highest BCUT2D eigenvalue weighted by Gasteiger charge is 2.48. The third-order valence-corrected chi connectivity index (χ3v) is 20.4. The van der Waals surface area contributed by atoms with Crippen molar-refractivity contribution in [3.05, 3.63) is 200 Å². The lowest BCUT2D eigenvalue weighted by atomic mass is 10.0. The molecular weight excluding hydrogens is 771 g/mol. The fourth-order valence-corrected chi connectivity index (χ4v) is 18.9. The number of hydrogen-bond donors (Lipinski definition) is 0. The molecule has 0 saturated carbocycles. The van der Waals surface area contributed by atoms with E-state index in [9.17, 15) is 0 Å². The van der Waals surface area contributed by atoms with E-state index >= 15 is 0 Å². The van der Waals surface area contributed by atoms with Gasteiger partial charge in [-0.2, -0.15) is 0 Å². The van der Waals surface area contributed by atoms with Gasteiger partial charge in [-0.05, 0) is 86.5 Å². The van der Waals surface area contributed by atoms with E-state index in [1.807, 2.05) is 29.2 Å². The van der Waals surface area contributed by atoms with Crippen LogP contribution in [0, 0.1) is 0 Å². The summed E-state index contributed by atoms with van der Waals surface area (Å²) in [6.45, 7) is 0. The van der Waals surface area contributed by atoms with Gasteiger partial charge in [-0.15, -0.1) is 11.3 Å². The number of fused-ring (bicyclic) bond motifs is 11. The standard InChI is InChI=1S/C54H33NOS2Si/c1-5-19-44-38(13-1)39-14-2-6-20-45(39)55(44)35-28-30-36(31-29-35)59(52-26-12-18-43-42-16-4-8-22-48(42)57-54(43)52)50-24-10-9-23-49(50)58-53-37(17-11-25-51(53)59)34-27-32-41-40-15-3-7-21-46(40)56-47(41)33-34/h1-33H. The Labute approximate surface area is 349 Å². The third kappa shape index (κ3) is 4.69. The number of thiophene rings is 1. The molecule has 0 amide bonds. The summed E-state index contributed by atoms with van der Waals surface area (Å²) < 4.78 is 11.6. The van der Waals surface area contributed by atoms with Crippen LogP contribution in [0.25, 0.3) is 80.7 Å². The molecule has 0 fully saturated rings. The van der Waals surface area contributed by atoms with Crippen LogP contribution in [0.1, 0.15) is 0 Å². The Morgan fingerprint density at radius 2 is 1.07 bits per heavy atom. The molecule has 0 N–H and O–H groups in total. The summed E-state index contributed by atoms with van der Waals surface area (Å²) in [5.74, 6) is 0. The molecule has 0 bridgehead atoms. The Kier molecular flexibility index (Phi) is 7.17. The van der Waals surface area contributed by atoms with Crippen LogP contribution < -0.4 is 20.7 Å². The summed E-state index contributed by atoms with van der Waals surface area (Å²) in [5, 5.41) is 13.2. The van der Waals surface area contributed by atoms with Crippen molar-refractivity contribution in [3.8, 4) is 16.8 Å².